The van der Waals surface area contributed by atoms with Crippen LogP contribution in [-0.2, 0) is 19.1 Å². The normalized spacial score (nSPS) is 26.2. The molecule has 25 heavy (non-hydrogen) atoms. The molecule has 0 aromatic carbocycles. The van der Waals surface area contributed by atoms with Crippen LogP contribution < -0.4 is 11.1 Å². The molecule has 0 saturated heterocycles. The van der Waals surface area contributed by atoms with Crippen LogP contribution in [0.15, 0.2) is 0 Å². The first-order valence-corrected chi connectivity index (χ1v) is 9.67. The van der Waals surface area contributed by atoms with Gasteiger partial charge in [-0.15, -0.1) is 0 Å². The molecule has 144 valence electrons. The Hall–Kier alpha value is -1.28. The summed E-state index contributed by atoms with van der Waals surface area (Å²) in [7, 11) is 1.26. The summed E-state index contributed by atoms with van der Waals surface area (Å²) in [6.45, 7) is 4.44. The highest BCUT2D eigenvalue weighted by atomic mass is 32.2. The van der Waals surface area contributed by atoms with Gasteiger partial charge in [0.05, 0.1) is 19.6 Å². The van der Waals surface area contributed by atoms with Crippen LogP contribution in [0.4, 0.5) is 0 Å². The number of nitrogens with two attached hydrogens (primary N) is 1. The van der Waals surface area contributed by atoms with Crippen molar-refractivity contribution in [1.29, 1.82) is 0 Å². The molecule has 1 saturated carbocycles. The Kier molecular flexibility index (Phi) is 8.71. The molecule has 0 radical (unpaired) electrons. The average Bonchev–Trinajstić information content (AvgIpc) is 2.72. The summed E-state index contributed by atoms with van der Waals surface area (Å²) in [5.41, 5.74) is 5.56. The lowest BCUT2D eigenvalue weighted by Crippen LogP contribution is -2.51. The fourth-order valence-electron chi connectivity index (χ4n) is 3.01. The van der Waals surface area contributed by atoms with Gasteiger partial charge in [0.1, 0.15) is 6.04 Å². The van der Waals surface area contributed by atoms with Gasteiger partial charge in [0.25, 0.3) is 0 Å². The Morgan fingerprint density at radius 3 is 2.64 bits per heavy atom. The molecule has 2 unspecified atom stereocenters. The lowest BCUT2D eigenvalue weighted by Gasteiger charge is -2.35. The van der Waals surface area contributed by atoms with Crippen LogP contribution >= 0.6 is 11.8 Å². The maximum absolute atomic E-state index is 12.0. The predicted molar refractivity (Wildman–Crippen MR) is 97.3 cm³/mol. The monoisotopic (exact) mass is 374 g/mol. The van der Waals surface area contributed by atoms with E-state index in [2.05, 4.69) is 19.2 Å². The molecule has 8 heteroatoms. The summed E-state index contributed by atoms with van der Waals surface area (Å²) in [5.74, 6) is -1.47. The molecule has 1 amide bonds. The average molecular weight is 375 g/mol. The van der Waals surface area contributed by atoms with E-state index < -0.39 is 36.4 Å². The molecule has 1 rings (SSSR count). The molecule has 1 aliphatic rings. The Labute approximate surface area is 153 Å². The standard InChI is InChI=1S/C17H30N2O5S/c1-11-7-5-4-6-8-17(11,2)25-10-13(16(23)24-3)19-15(22)12(18)9-14(20)21/h11-13H,4-10,18H2,1-3H3,(H,19,22)(H,20,21)/t11?,12-,13-,17?/m0/s1. The van der Waals surface area contributed by atoms with Gasteiger partial charge in [0.2, 0.25) is 5.91 Å². The van der Waals surface area contributed by atoms with Crippen LogP contribution in [0.1, 0.15) is 52.4 Å². The molecule has 0 bridgehead atoms. The first kappa shape index (κ1) is 21.8. The van der Waals surface area contributed by atoms with Crippen LogP contribution in [0.25, 0.3) is 0 Å². The van der Waals surface area contributed by atoms with Gasteiger partial charge in [0, 0.05) is 10.5 Å². The van der Waals surface area contributed by atoms with Crippen LogP contribution in [-0.4, -0.2) is 52.6 Å². The lowest BCUT2D eigenvalue weighted by molar-refractivity contribution is -0.144. The molecule has 0 aromatic rings. The van der Waals surface area contributed by atoms with Crippen molar-refractivity contribution in [1.82, 2.24) is 5.32 Å². The molecule has 7 nitrogen and oxygen atoms in total. The number of hydrogen-bond donors (Lipinski definition) is 3. The molecule has 4 N–H and O–H groups in total. The van der Waals surface area contributed by atoms with Crippen LogP contribution in [0, 0.1) is 5.92 Å². The van der Waals surface area contributed by atoms with Crippen molar-refractivity contribution in [3.63, 3.8) is 0 Å². The van der Waals surface area contributed by atoms with Crippen LogP contribution in [0.3, 0.4) is 0 Å². The number of carboxylic acids is 1. The van der Waals surface area contributed by atoms with Gasteiger partial charge >= 0.3 is 11.9 Å². The lowest BCUT2D eigenvalue weighted by atomic mass is 9.90. The molecule has 0 heterocycles. The van der Waals surface area contributed by atoms with E-state index in [1.807, 2.05) is 0 Å². The van der Waals surface area contributed by atoms with Gasteiger partial charge < -0.3 is 20.9 Å². The highest BCUT2D eigenvalue weighted by Crippen LogP contribution is 2.42. The molecule has 1 fully saturated rings. The third-order valence-electron chi connectivity index (χ3n) is 4.97. The zero-order valence-corrected chi connectivity index (χ0v) is 16.1. The minimum atomic E-state index is -1.19. The number of aliphatic carboxylic acids is 1. The van der Waals surface area contributed by atoms with E-state index in [0.717, 1.165) is 19.3 Å². The number of nitrogens with one attached hydrogen (secondary N) is 1. The topological polar surface area (TPSA) is 119 Å². The molecule has 1 aliphatic carbocycles. The minimum Gasteiger partial charge on any atom is -0.481 e. The molecular weight excluding hydrogens is 344 g/mol. The number of thioether (sulfide) groups is 1. The first-order chi connectivity index (χ1) is 11.7. The zero-order chi connectivity index (χ0) is 19.0. The SMILES string of the molecule is COC(=O)[C@H](CSC1(C)CCCCCC1C)NC(=O)[C@@H](N)CC(=O)O. The maximum Gasteiger partial charge on any atom is 0.329 e. The predicted octanol–water partition coefficient (Wildman–Crippen LogP) is 1.54. The molecule has 0 aliphatic heterocycles. The number of hydrogen-bond acceptors (Lipinski definition) is 6. The Morgan fingerprint density at radius 2 is 2.04 bits per heavy atom. The Balaban J connectivity index is 2.71. The van der Waals surface area contributed by atoms with Gasteiger partial charge in [-0.05, 0) is 18.8 Å². The van der Waals surface area contributed by atoms with E-state index in [4.69, 9.17) is 15.6 Å². The Morgan fingerprint density at radius 1 is 1.36 bits per heavy atom. The fraction of sp³-hybridized carbons (Fsp3) is 0.824. The summed E-state index contributed by atoms with van der Waals surface area (Å²) in [5, 5.41) is 11.3. The summed E-state index contributed by atoms with van der Waals surface area (Å²) in [6, 6.07) is -2.03. The van der Waals surface area contributed by atoms with Crippen molar-refractivity contribution in [2.45, 2.75) is 69.2 Å². The number of methoxy groups -OCH3 is 1. The van der Waals surface area contributed by atoms with E-state index in [1.165, 1.54) is 20.0 Å². The van der Waals surface area contributed by atoms with Crippen molar-refractivity contribution < 1.29 is 24.2 Å². The molecular formula is C17H30N2O5S. The second-order valence-electron chi connectivity index (χ2n) is 6.91. The number of amides is 1. The number of rotatable bonds is 8. The van der Waals surface area contributed by atoms with Crippen molar-refractivity contribution in [2.75, 3.05) is 12.9 Å². The number of carbonyl (C=O) groups excluding carboxylic acids is 2. The van der Waals surface area contributed by atoms with Crippen molar-refractivity contribution in [3.05, 3.63) is 0 Å². The number of esters is 1. The van der Waals surface area contributed by atoms with Crippen LogP contribution in [0.5, 0.6) is 0 Å². The second-order valence-corrected chi connectivity index (χ2v) is 8.47. The third-order valence-corrected chi connectivity index (χ3v) is 6.73. The van der Waals surface area contributed by atoms with Gasteiger partial charge in [-0.3, -0.25) is 9.59 Å². The molecule has 0 aromatic heterocycles. The number of carboxylic acid groups (broad SMARTS) is 1. The number of carbonyl (C=O) groups is 3. The largest absolute Gasteiger partial charge is 0.481 e. The minimum absolute atomic E-state index is 0.0384. The Bertz CT molecular complexity index is 488. The van der Waals surface area contributed by atoms with E-state index >= 15 is 0 Å². The number of ether oxygens (including phenoxy) is 1. The second kappa shape index (κ2) is 10.0. The third kappa shape index (κ3) is 6.86. The quantitative estimate of drug-likeness (QED) is 0.435. The van der Waals surface area contributed by atoms with E-state index in [0.29, 0.717) is 11.7 Å². The first-order valence-electron chi connectivity index (χ1n) is 8.69. The summed E-state index contributed by atoms with van der Waals surface area (Å²) < 4.78 is 4.81. The van der Waals surface area contributed by atoms with Gasteiger partial charge in [0.15, 0.2) is 0 Å². The highest BCUT2D eigenvalue weighted by Gasteiger charge is 2.35. The van der Waals surface area contributed by atoms with Gasteiger partial charge in [-0.25, -0.2) is 4.79 Å². The van der Waals surface area contributed by atoms with E-state index in [1.54, 1.807) is 11.8 Å². The maximum atomic E-state index is 12.0. The fourth-order valence-corrected chi connectivity index (χ4v) is 4.47. The summed E-state index contributed by atoms with van der Waals surface area (Å²) in [4.78, 5) is 34.7. The summed E-state index contributed by atoms with van der Waals surface area (Å²) >= 11 is 1.67. The van der Waals surface area contributed by atoms with Gasteiger partial charge in [-0.2, -0.15) is 11.8 Å². The van der Waals surface area contributed by atoms with E-state index in [-0.39, 0.29) is 4.75 Å². The zero-order valence-electron chi connectivity index (χ0n) is 15.2. The summed E-state index contributed by atoms with van der Waals surface area (Å²) in [6.07, 6.45) is 5.34. The van der Waals surface area contributed by atoms with E-state index in [9.17, 15) is 14.4 Å². The molecule has 0 spiro atoms. The van der Waals surface area contributed by atoms with Crippen molar-refractivity contribution in [3.8, 4) is 0 Å². The van der Waals surface area contributed by atoms with Crippen LogP contribution in [0.2, 0.25) is 0 Å². The van der Waals surface area contributed by atoms with Gasteiger partial charge in [-0.1, -0.05) is 33.1 Å². The highest BCUT2D eigenvalue weighted by molar-refractivity contribution is 8.00. The van der Waals surface area contributed by atoms with Crippen molar-refractivity contribution in [2.24, 2.45) is 11.7 Å². The molecule has 4 atom stereocenters. The van der Waals surface area contributed by atoms with Crippen molar-refractivity contribution >= 4 is 29.6 Å². The smallest absolute Gasteiger partial charge is 0.329 e.